The van der Waals surface area contributed by atoms with Gasteiger partial charge in [-0.2, -0.15) is 0 Å². The standard InChI is InChI=1S/C16H20FN3O/c1-3-7-18-12(2)14-6-5-13(10-15(14)17)21-11-16-19-8-4-9-20-16/h4-6,8-10,12,18H,3,7,11H2,1-2H3. The van der Waals surface area contributed by atoms with E-state index in [1.165, 1.54) is 6.07 Å². The van der Waals surface area contributed by atoms with Gasteiger partial charge in [0.2, 0.25) is 0 Å². The highest BCUT2D eigenvalue weighted by Crippen LogP contribution is 2.22. The summed E-state index contributed by atoms with van der Waals surface area (Å²) in [4.78, 5) is 8.11. The first-order valence-electron chi connectivity index (χ1n) is 7.12. The van der Waals surface area contributed by atoms with E-state index in [9.17, 15) is 4.39 Å². The highest BCUT2D eigenvalue weighted by Gasteiger charge is 2.11. The number of hydrogen-bond donors (Lipinski definition) is 1. The first-order chi connectivity index (χ1) is 10.2. The van der Waals surface area contributed by atoms with Crippen LogP contribution in [0.1, 0.15) is 37.7 Å². The van der Waals surface area contributed by atoms with Crippen LogP contribution in [0.2, 0.25) is 0 Å². The maximum absolute atomic E-state index is 14.1. The maximum atomic E-state index is 14.1. The molecular formula is C16H20FN3O. The molecule has 0 aliphatic rings. The molecular weight excluding hydrogens is 269 g/mol. The van der Waals surface area contributed by atoms with Gasteiger partial charge in [-0.05, 0) is 32.0 Å². The molecule has 0 radical (unpaired) electrons. The zero-order valence-electron chi connectivity index (χ0n) is 12.3. The van der Waals surface area contributed by atoms with Crippen LogP contribution in [-0.2, 0) is 6.61 Å². The molecule has 1 aromatic carbocycles. The lowest BCUT2D eigenvalue weighted by molar-refractivity contribution is 0.294. The van der Waals surface area contributed by atoms with Gasteiger partial charge in [0, 0.05) is 30.1 Å². The van der Waals surface area contributed by atoms with Gasteiger partial charge in [-0.15, -0.1) is 0 Å². The third kappa shape index (κ3) is 4.49. The van der Waals surface area contributed by atoms with Crippen molar-refractivity contribution in [1.82, 2.24) is 15.3 Å². The Morgan fingerprint density at radius 1 is 1.29 bits per heavy atom. The molecule has 5 heteroatoms. The van der Waals surface area contributed by atoms with E-state index in [1.807, 2.05) is 6.92 Å². The van der Waals surface area contributed by atoms with Gasteiger partial charge in [0.05, 0.1) is 0 Å². The van der Waals surface area contributed by atoms with Crippen molar-refractivity contribution in [3.63, 3.8) is 0 Å². The van der Waals surface area contributed by atoms with E-state index < -0.39 is 0 Å². The molecule has 1 N–H and O–H groups in total. The zero-order chi connectivity index (χ0) is 15.1. The molecule has 2 rings (SSSR count). The fourth-order valence-electron chi connectivity index (χ4n) is 1.97. The van der Waals surface area contributed by atoms with Crippen LogP contribution in [0.25, 0.3) is 0 Å². The van der Waals surface area contributed by atoms with E-state index in [4.69, 9.17) is 4.74 Å². The van der Waals surface area contributed by atoms with Crippen molar-refractivity contribution in [3.8, 4) is 5.75 Å². The maximum Gasteiger partial charge on any atom is 0.166 e. The molecule has 0 saturated heterocycles. The molecule has 0 fully saturated rings. The van der Waals surface area contributed by atoms with Gasteiger partial charge >= 0.3 is 0 Å². The summed E-state index contributed by atoms with van der Waals surface area (Å²) in [5, 5.41) is 3.27. The van der Waals surface area contributed by atoms with Gasteiger partial charge in [0.25, 0.3) is 0 Å². The molecule has 21 heavy (non-hydrogen) atoms. The van der Waals surface area contributed by atoms with Crippen molar-refractivity contribution < 1.29 is 9.13 Å². The van der Waals surface area contributed by atoms with Gasteiger partial charge in [-0.1, -0.05) is 13.0 Å². The minimum atomic E-state index is -0.266. The number of aromatic nitrogens is 2. The quantitative estimate of drug-likeness (QED) is 0.850. The van der Waals surface area contributed by atoms with Crippen molar-refractivity contribution >= 4 is 0 Å². The van der Waals surface area contributed by atoms with Gasteiger partial charge in [-0.3, -0.25) is 0 Å². The highest BCUT2D eigenvalue weighted by atomic mass is 19.1. The number of hydrogen-bond acceptors (Lipinski definition) is 4. The fourth-order valence-corrected chi connectivity index (χ4v) is 1.97. The molecule has 4 nitrogen and oxygen atoms in total. The Bertz CT molecular complexity index is 563. The zero-order valence-corrected chi connectivity index (χ0v) is 12.3. The molecule has 1 atom stereocenters. The summed E-state index contributed by atoms with van der Waals surface area (Å²) in [7, 11) is 0. The first kappa shape index (κ1) is 15.4. The molecule has 0 aliphatic heterocycles. The smallest absolute Gasteiger partial charge is 0.166 e. The summed E-state index contributed by atoms with van der Waals surface area (Å²) in [6.45, 7) is 5.12. The van der Waals surface area contributed by atoms with Crippen LogP contribution >= 0.6 is 0 Å². The molecule has 0 saturated carbocycles. The molecule has 112 valence electrons. The average molecular weight is 289 g/mol. The van der Waals surface area contributed by atoms with Crippen molar-refractivity contribution in [3.05, 3.63) is 53.9 Å². The number of nitrogens with zero attached hydrogens (tertiary/aromatic N) is 2. The molecule has 0 amide bonds. The van der Waals surface area contributed by atoms with Gasteiger partial charge in [-0.25, -0.2) is 14.4 Å². The number of benzene rings is 1. The summed E-state index contributed by atoms with van der Waals surface area (Å²) >= 11 is 0. The second-order valence-corrected chi connectivity index (χ2v) is 4.81. The van der Waals surface area contributed by atoms with E-state index in [0.29, 0.717) is 17.1 Å². The van der Waals surface area contributed by atoms with E-state index in [0.717, 1.165) is 13.0 Å². The molecule has 1 aromatic heterocycles. The third-order valence-electron chi connectivity index (χ3n) is 3.13. The molecule has 2 aromatic rings. The highest BCUT2D eigenvalue weighted by molar-refractivity contribution is 5.30. The monoisotopic (exact) mass is 289 g/mol. The van der Waals surface area contributed by atoms with E-state index in [2.05, 4.69) is 22.2 Å². The predicted molar refractivity (Wildman–Crippen MR) is 79.5 cm³/mol. The minimum absolute atomic E-state index is 0.0172. The Balaban J connectivity index is 1.98. The SMILES string of the molecule is CCCNC(C)c1ccc(OCc2ncccn2)cc1F. The Hall–Kier alpha value is -2.01. The van der Waals surface area contributed by atoms with Crippen LogP contribution in [0, 0.1) is 5.82 Å². The van der Waals surface area contributed by atoms with Crippen LogP contribution in [0.15, 0.2) is 36.7 Å². The van der Waals surface area contributed by atoms with Crippen LogP contribution < -0.4 is 10.1 Å². The van der Waals surface area contributed by atoms with Gasteiger partial charge in [0.1, 0.15) is 18.2 Å². The number of nitrogens with one attached hydrogen (secondary N) is 1. The normalized spacial score (nSPS) is 12.1. The van der Waals surface area contributed by atoms with Gasteiger partial charge < -0.3 is 10.1 Å². The minimum Gasteiger partial charge on any atom is -0.486 e. The van der Waals surface area contributed by atoms with Crippen molar-refractivity contribution in [2.45, 2.75) is 32.9 Å². The van der Waals surface area contributed by atoms with Crippen molar-refractivity contribution in [2.75, 3.05) is 6.54 Å². The van der Waals surface area contributed by atoms with Crippen LogP contribution in [0.4, 0.5) is 4.39 Å². The summed E-state index contributed by atoms with van der Waals surface area (Å²) in [5.74, 6) is 0.781. The molecule has 0 bridgehead atoms. The number of halogens is 1. The third-order valence-corrected chi connectivity index (χ3v) is 3.13. The topological polar surface area (TPSA) is 47.0 Å². The lowest BCUT2D eigenvalue weighted by Gasteiger charge is -2.15. The first-order valence-corrected chi connectivity index (χ1v) is 7.12. The van der Waals surface area contributed by atoms with E-state index in [-0.39, 0.29) is 18.5 Å². The number of rotatable bonds is 7. The summed E-state index contributed by atoms with van der Waals surface area (Å²) < 4.78 is 19.6. The largest absolute Gasteiger partial charge is 0.486 e. The van der Waals surface area contributed by atoms with Gasteiger partial charge in [0.15, 0.2) is 5.82 Å². The summed E-state index contributed by atoms with van der Waals surface area (Å²) in [6, 6.07) is 6.65. The van der Waals surface area contributed by atoms with Crippen LogP contribution in [0.3, 0.4) is 0 Å². The number of ether oxygens (including phenoxy) is 1. The lowest BCUT2D eigenvalue weighted by atomic mass is 10.1. The molecule has 1 unspecified atom stereocenters. The Labute approximate surface area is 124 Å². The molecule has 0 spiro atoms. The van der Waals surface area contributed by atoms with Crippen LogP contribution in [0.5, 0.6) is 5.75 Å². The summed E-state index contributed by atoms with van der Waals surface area (Å²) in [5.41, 5.74) is 0.645. The summed E-state index contributed by atoms with van der Waals surface area (Å²) in [6.07, 6.45) is 4.32. The second-order valence-electron chi connectivity index (χ2n) is 4.81. The Morgan fingerprint density at radius 3 is 2.71 bits per heavy atom. The van der Waals surface area contributed by atoms with E-state index >= 15 is 0 Å². The van der Waals surface area contributed by atoms with Crippen molar-refractivity contribution in [1.29, 1.82) is 0 Å². The second kappa shape index (κ2) is 7.69. The van der Waals surface area contributed by atoms with Crippen LogP contribution in [-0.4, -0.2) is 16.5 Å². The Kier molecular flexibility index (Phi) is 5.63. The van der Waals surface area contributed by atoms with E-state index in [1.54, 1.807) is 30.6 Å². The molecule has 0 aliphatic carbocycles. The Morgan fingerprint density at radius 2 is 2.05 bits per heavy atom. The molecule has 1 heterocycles. The fraction of sp³-hybridized carbons (Fsp3) is 0.375. The predicted octanol–water partition coefficient (Wildman–Crippen LogP) is 3.26. The average Bonchev–Trinajstić information content (AvgIpc) is 2.51. The lowest BCUT2D eigenvalue weighted by Crippen LogP contribution is -2.20. The van der Waals surface area contributed by atoms with Crippen molar-refractivity contribution in [2.24, 2.45) is 0 Å².